The van der Waals surface area contributed by atoms with E-state index < -0.39 is 4.92 Å². The molecule has 4 bridgehead atoms. The van der Waals surface area contributed by atoms with Crippen LogP contribution >= 0.6 is 0 Å². The van der Waals surface area contributed by atoms with Crippen LogP contribution in [0.5, 0.6) is 0 Å². The predicted octanol–water partition coefficient (Wildman–Crippen LogP) is 3.93. The van der Waals surface area contributed by atoms with E-state index in [0.29, 0.717) is 0 Å². The lowest BCUT2D eigenvalue weighted by Gasteiger charge is -2.57. The minimum atomic E-state index is -0.414. The van der Waals surface area contributed by atoms with Crippen LogP contribution in [0.4, 0.5) is 5.69 Å². The van der Waals surface area contributed by atoms with Gasteiger partial charge in [0.05, 0.1) is 4.92 Å². The van der Waals surface area contributed by atoms with Crippen LogP contribution in [0.2, 0.25) is 0 Å². The van der Waals surface area contributed by atoms with Gasteiger partial charge in [-0.2, -0.15) is 5.26 Å². The van der Waals surface area contributed by atoms with Crippen LogP contribution in [0, 0.1) is 39.2 Å². The van der Waals surface area contributed by atoms with Crippen LogP contribution in [0.3, 0.4) is 0 Å². The van der Waals surface area contributed by atoms with Gasteiger partial charge < -0.3 is 0 Å². The summed E-state index contributed by atoms with van der Waals surface area (Å²) in [6.45, 7) is 0. The molecule has 0 radical (unpaired) electrons. The Morgan fingerprint density at radius 1 is 1.14 bits per heavy atom. The molecule has 0 heterocycles. The summed E-state index contributed by atoms with van der Waals surface area (Å²) in [6, 6.07) is 7.24. The summed E-state index contributed by atoms with van der Waals surface area (Å²) < 4.78 is 0. The molecule has 4 fully saturated rings. The molecule has 4 heteroatoms. The van der Waals surface area contributed by atoms with Gasteiger partial charge in [-0.3, -0.25) is 10.1 Å². The summed E-state index contributed by atoms with van der Waals surface area (Å²) in [5, 5.41) is 20.3. The molecule has 108 valence electrons. The van der Waals surface area contributed by atoms with Crippen molar-refractivity contribution in [2.75, 3.05) is 0 Å². The van der Waals surface area contributed by atoms with Gasteiger partial charge in [0.15, 0.2) is 0 Å². The van der Waals surface area contributed by atoms with Gasteiger partial charge in [-0.25, -0.2) is 0 Å². The SMILES string of the molecule is N#Cc1ccc(C23CC4CC(CC(C4)C2)C3)cc1[N+](=O)[O-]. The average molecular weight is 282 g/mol. The molecule has 5 rings (SSSR count). The van der Waals surface area contributed by atoms with Gasteiger partial charge in [0.2, 0.25) is 0 Å². The van der Waals surface area contributed by atoms with E-state index in [1.54, 1.807) is 12.1 Å². The average Bonchev–Trinajstić information content (AvgIpc) is 2.45. The molecule has 0 aromatic heterocycles. The maximum absolute atomic E-state index is 11.2. The Bertz CT molecular complexity index is 624. The van der Waals surface area contributed by atoms with Gasteiger partial charge in [-0.1, -0.05) is 6.07 Å². The Morgan fingerprint density at radius 2 is 1.71 bits per heavy atom. The topological polar surface area (TPSA) is 66.9 Å². The number of hydrogen-bond donors (Lipinski definition) is 0. The number of nitrogens with zero attached hydrogens (tertiary/aromatic N) is 2. The third-order valence-corrected chi connectivity index (χ3v) is 5.97. The summed E-state index contributed by atoms with van der Waals surface area (Å²) in [4.78, 5) is 10.8. The van der Waals surface area contributed by atoms with E-state index in [2.05, 4.69) is 0 Å². The maximum Gasteiger partial charge on any atom is 0.287 e. The first-order chi connectivity index (χ1) is 10.1. The molecule has 1 aromatic rings. The fraction of sp³-hybridized carbons (Fsp3) is 0.588. The van der Waals surface area contributed by atoms with Crippen molar-refractivity contribution in [3.05, 3.63) is 39.4 Å². The van der Waals surface area contributed by atoms with Crippen LogP contribution in [-0.4, -0.2) is 4.92 Å². The first-order valence-electron chi connectivity index (χ1n) is 7.79. The summed E-state index contributed by atoms with van der Waals surface area (Å²) in [5.41, 5.74) is 1.40. The first kappa shape index (κ1) is 12.8. The highest BCUT2D eigenvalue weighted by atomic mass is 16.6. The van der Waals surface area contributed by atoms with Crippen molar-refractivity contribution in [3.8, 4) is 6.07 Å². The van der Waals surface area contributed by atoms with Gasteiger partial charge in [0.1, 0.15) is 11.6 Å². The second-order valence-corrected chi connectivity index (χ2v) is 7.30. The Hall–Kier alpha value is -1.89. The fourth-order valence-corrected chi connectivity index (χ4v) is 5.57. The van der Waals surface area contributed by atoms with E-state index in [-0.39, 0.29) is 16.7 Å². The van der Waals surface area contributed by atoms with Crippen molar-refractivity contribution in [2.24, 2.45) is 17.8 Å². The molecule has 21 heavy (non-hydrogen) atoms. The zero-order chi connectivity index (χ0) is 14.6. The molecular formula is C17H18N2O2. The number of nitriles is 1. The molecular weight excluding hydrogens is 264 g/mol. The van der Waals surface area contributed by atoms with E-state index in [1.807, 2.05) is 12.1 Å². The van der Waals surface area contributed by atoms with Crippen molar-refractivity contribution in [1.29, 1.82) is 5.26 Å². The number of hydrogen-bond acceptors (Lipinski definition) is 3. The summed E-state index contributed by atoms with van der Waals surface area (Å²) >= 11 is 0. The number of rotatable bonds is 2. The van der Waals surface area contributed by atoms with Gasteiger partial charge in [0.25, 0.3) is 5.69 Å². The Balaban J connectivity index is 1.78. The molecule has 0 amide bonds. The second-order valence-electron chi connectivity index (χ2n) is 7.30. The standard InChI is InChI=1S/C17H18N2O2/c18-10-14-1-2-15(6-16(14)19(20)21)17-7-11-3-12(8-17)5-13(4-11)9-17/h1-2,6,11-13H,3-5,7-9H2. The molecule has 4 aliphatic rings. The molecule has 4 saturated carbocycles. The maximum atomic E-state index is 11.2. The third-order valence-electron chi connectivity index (χ3n) is 5.97. The van der Waals surface area contributed by atoms with E-state index in [4.69, 9.17) is 5.26 Å². The van der Waals surface area contributed by atoms with Gasteiger partial charge >= 0.3 is 0 Å². The lowest BCUT2D eigenvalue weighted by molar-refractivity contribution is -0.385. The second kappa shape index (κ2) is 4.30. The quantitative estimate of drug-likeness (QED) is 0.609. The van der Waals surface area contributed by atoms with E-state index in [0.717, 1.165) is 23.3 Å². The Labute approximate surface area is 123 Å². The Morgan fingerprint density at radius 3 is 2.19 bits per heavy atom. The first-order valence-corrected chi connectivity index (χ1v) is 7.79. The van der Waals surface area contributed by atoms with Gasteiger partial charge in [0, 0.05) is 6.07 Å². The van der Waals surface area contributed by atoms with Gasteiger partial charge in [-0.05, 0) is 73.3 Å². The number of nitro groups is 1. The van der Waals surface area contributed by atoms with Crippen molar-refractivity contribution in [1.82, 2.24) is 0 Å². The van der Waals surface area contributed by atoms with E-state index >= 15 is 0 Å². The molecule has 0 N–H and O–H groups in total. The van der Waals surface area contributed by atoms with Crippen LogP contribution in [0.25, 0.3) is 0 Å². The van der Waals surface area contributed by atoms with Crippen LogP contribution in [-0.2, 0) is 5.41 Å². The van der Waals surface area contributed by atoms with Crippen LogP contribution < -0.4 is 0 Å². The molecule has 0 unspecified atom stereocenters. The smallest absolute Gasteiger partial charge is 0.258 e. The molecule has 0 aliphatic heterocycles. The largest absolute Gasteiger partial charge is 0.287 e. The highest BCUT2D eigenvalue weighted by molar-refractivity contribution is 5.52. The predicted molar refractivity (Wildman–Crippen MR) is 77.7 cm³/mol. The molecule has 1 aromatic carbocycles. The molecule has 4 nitrogen and oxygen atoms in total. The number of nitro benzene ring substituents is 1. The molecule has 0 atom stereocenters. The molecule has 4 aliphatic carbocycles. The normalized spacial score (nSPS) is 36.4. The summed E-state index contributed by atoms with van der Waals surface area (Å²) in [7, 11) is 0. The van der Waals surface area contributed by atoms with Crippen molar-refractivity contribution >= 4 is 5.69 Å². The van der Waals surface area contributed by atoms with Crippen LogP contribution in [0.15, 0.2) is 18.2 Å². The zero-order valence-electron chi connectivity index (χ0n) is 11.9. The summed E-state index contributed by atoms with van der Waals surface area (Å²) in [6.07, 6.45) is 7.62. The van der Waals surface area contributed by atoms with Crippen molar-refractivity contribution in [2.45, 2.75) is 43.9 Å². The Kier molecular flexibility index (Phi) is 2.63. The van der Waals surface area contributed by atoms with Crippen molar-refractivity contribution in [3.63, 3.8) is 0 Å². The summed E-state index contributed by atoms with van der Waals surface area (Å²) in [5.74, 6) is 2.43. The third kappa shape index (κ3) is 1.87. The van der Waals surface area contributed by atoms with Crippen molar-refractivity contribution < 1.29 is 4.92 Å². The lowest BCUT2D eigenvalue weighted by Crippen LogP contribution is -2.48. The number of benzene rings is 1. The van der Waals surface area contributed by atoms with Gasteiger partial charge in [-0.15, -0.1) is 0 Å². The monoisotopic (exact) mass is 282 g/mol. The minimum Gasteiger partial charge on any atom is -0.258 e. The van der Waals surface area contributed by atoms with E-state index in [9.17, 15) is 10.1 Å². The van der Waals surface area contributed by atoms with Crippen LogP contribution in [0.1, 0.15) is 49.7 Å². The lowest BCUT2D eigenvalue weighted by atomic mass is 9.48. The molecule has 0 saturated heterocycles. The highest BCUT2D eigenvalue weighted by Crippen LogP contribution is 2.60. The molecule has 0 spiro atoms. The minimum absolute atomic E-state index is 0.0225. The van der Waals surface area contributed by atoms with E-state index in [1.165, 1.54) is 38.5 Å². The fourth-order valence-electron chi connectivity index (χ4n) is 5.57. The zero-order valence-corrected chi connectivity index (χ0v) is 11.9. The highest BCUT2D eigenvalue weighted by Gasteiger charge is 2.51.